The van der Waals surface area contributed by atoms with Crippen molar-refractivity contribution in [2.24, 2.45) is 23.5 Å². The number of aromatic nitrogens is 2. The predicted molar refractivity (Wildman–Crippen MR) is 209 cm³/mol. The van der Waals surface area contributed by atoms with Crippen LogP contribution in [0.5, 0.6) is 0 Å². The van der Waals surface area contributed by atoms with Gasteiger partial charge in [0.1, 0.15) is 29.6 Å². The van der Waals surface area contributed by atoms with E-state index in [-0.39, 0.29) is 41.7 Å². The van der Waals surface area contributed by atoms with Crippen LogP contribution in [0.3, 0.4) is 0 Å². The second kappa shape index (κ2) is 22.1. The van der Waals surface area contributed by atoms with Crippen molar-refractivity contribution in [1.29, 1.82) is 0 Å². The van der Waals surface area contributed by atoms with E-state index in [9.17, 15) is 46.4 Å². The Hall–Kier alpha value is -5.17. The quantitative estimate of drug-likeness (QED) is 0.136. The van der Waals surface area contributed by atoms with Gasteiger partial charge in [-0.1, -0.05) is 73.1 Å². The minimum absolute atomic E-state index is 0.0102. The number of nitrogens with two attached hydrogens (primary N) is 1. The molecule has 1 heterocycles. The summed E-state index contributed by atoms with van der Waals surface area (Å²) < 4.78 is 40.9. The topological polar surface area (TPSA) is 257 Å². The van der Waals surface area contributed by atoms with Crippen molar-refractivity contribution >= 4 is 51.4 Å². The zero-order chi connectivity index (χ0) is 43.2. The highest BCUT2D eigenvalue weighted by atomic mass is 32.2. The number of benzene rings is 1. The van der Waals surface area contributed by atoms with Crippen LogP contribution in [0.4, 0.5) is 4.39 Å². The maximum atomic E-state index is 14.5. The van der Waals surface area contributed by atoms with Crippen molar-refractivity contribution in [3.8, 4) is 0 Å². The first-order valence-electron chi connectivity index (χ1n) is 19.5. The smallest absolute Gasteiger partial charge is 0.326 e. The van der Waals surface area contributed by atoms with Crippen LogP contribution in [-0.4, -0.2) is 88.8 Å². The molecule has 1 saturated carbocycles. The molecule has 2 aromatic rings. The third-order valence-corrected chi connectivity index (χ3v) is 11.4. The zero-order valence-corrected chi connectivity index (χ0v) is 34.3. The van der Waals surface area contributed by atoms with Gasteiger partial charge in [-0.15, -0.1) is 0 Å². The Morgan fingerprint density at radius 2 is 1.53 bits per heavy atom. The van der Waals surface area contributed by atoms with Crippen molar-refractivity contribution in [3.63, 3.8) is 0 Å². The van der Waals surface area contributed by atoms with Crippen LogP contribution < -0.4 is 26.4 Å². The van der Waals surface area contributed by atoms with Crippen LogP contribution in [0, 0.1) is 23.6 Å². The molecule has 3 rings (SSSR count). The summed E-state index contributed by atoms with van der Waals surface area (Å²) in [6.45, 7) is 8.80. The molecule has 5 atom stereocenters. The third kappa shape index (κ3) is 13.7. The molecule has 0 aliphatic heterocycles. The van der Waals surface area contributed by atoms with Crippen LogP contribution in [0.15, 0.2) is 47.8 Å². The average molecular weight is 831 g/mol. The number of carbonyl (C=O) groups is 7. The molecular weight excluding hydrogens is 776 g/mol. The van der Waals surface area contributed by atoms with Crippen molar-refractivity contribution in [2.75, 3.05) is 0 Å². The molecule has 318 valence electrons. The van der Waals surface area contributed by atoms with Crippen molar-refractivity contribution in [2.45, 2.75) is 128 Å². The first-order chi connectivity index (χ1) is 27.4. The molecule has 1 aliphatic rings. The van der Waals surface area contributed by atoms with E-state index in [1.165, 1.54) is 23.3 Å². The highest BCUT2D eigenvalue weighted by molar-refractivity contribution is 7.90. The fraction of sp³-hybridized carbons (Fsp3) is 0.564. The summed E-state index contributed by atoms with van der Waals surface area (Å²) in [4.78, 5) is 103. The van der Waals surface area contributed by atoms with Crippen LogP contribution in [0.25, 0.3) is 0 Å². The van der Waals surface area contributed by atoms with Gasteiger partial charge in [-0.3, -0.25) is 38.5 Å². The number of amides is 7. The molecule has 0 bridgehead atoms. The molecule has 0 saturated heterocycles. The fourth-order valence-corrected chi connectivity index (χ4v) is 7.38. The van der Waals surface area contributed by atoms with Gasteiger partial charge in [-0.2, -0.15) is 0 Å². The summed E-state index contributed by atoms with van der Waals surface area (Å²) in [7, 11) is -4.77. The lowest BCUT2D eigenvalue weighted by atomic mass is 9.84. The fourth-order valence-electron chi connectivity index (χ4n) is 6.44. The van der Waals surface area contributed by atoms with Crippen molar-refractivity contribution in [3.05, 3.63) is 54.4 Å². The van der Waals surface area contributed by atoms with Crippen LogP contribution >= 0.6 is 0 Å². The lowest BCUT2D eigenvalue weighted by Crippen LogP contribution is -2.61. The molecule has 0 spiro atoms. The molecule has 0 radical (unpaired) electrons. The van der Waals surface area contributed by atoms with Crippen LogP contribution in [0.2, 0.25) is 0 Å². The molecule has 1 aromatic carbocycles. The van der Waals surface area contributed by atoms with Crippen molar-refractivity contribution < 1.29 is 46.4 Å². The Labute approximate surface area is 338 Å². The van der Waals surface area contributed by atoms with E-state index in [4.69, 9.17) is 5.73 Å². The Morgan fingerprint density at radius 1 is 0.879 bits per heavy atom. The van der Waals surface area contributed by atoms with Crippen LogP contribution in [-0.2, 0) is 38.8 Å². The second-order valence-electron chi connectivity index (χ2n) is 15.1. The molecular formula is C39H55FN8O9S. The summed E-state index contributed by atoms with van der Waals surface area (Å²) in [5.41, 5.74) is 5.97. The van der Waals surface area contributed by atoms with Gasteiger partial charge >= 0.3 is 11.8 Å². The molecule has 1 unspecified atom stereocenters. The number of halogens is 1. The van der Waals surface area contributed by atoms with Gasteiger partial charge in [0.2, 0.25) is 17.7 Å². The van der Waals surface area contributed by atoms with Gasteiger partial charge in [-0.05, 0) is 61.3 Å². The third-order valence-electron chi connectivity index (χ3n) is 10.0. The molecule has 1 fully saturated rings. The average Bonchev–Trinajstić information content (AvgIpc) is 3.19. The Morgan fingerprint density at radius 3 is 2.10 bits per heavy atom. The number of carbonyl (C=O) groups excluding carboxylic acids is 7. The van der Waals surface area contributed by atoms with Gasteiger partial charge in [0.15, 0.2) is 0 Å². The molecule has 1 aromatic heterocycles. The summed E-state index contributed by atoms with van der Waals surface area (Å²) in [5.74, 6) is -9.92. The van der Waals surface area contributed by atoms with E-state index < -0.39 is 98.6 Å². The maximum absolute atomic E-state index is 14.5. The zero-order valence-electron chi connectivity index (χ0n) is 33.5. The largest absolute Gasteiger partial charge is 0.342 e. The number of nitrogens with zero attached hydrogens (tertiary/aromatic N) is 3. The number of imide groups is 3. The Balaban J connectivity index is 1.98. The summed E-state index contributed by atoms with van der Waals surface area (Å²) in [5, 5.41) is 8.00. The van der Waals surface area contributed by atoms with Crippen LogP contribution in [0.1, 0.15) is 109 Å². The molecule has 6 N–H and O–H groups in total. The highest BCUT2D eigenvalue weighted by Gasteiger charge is 2.41. The highest BCUT2D eigenvalue weighted by Crippen LogP contribution is 2.28. The number of sulfonamides is 1. The van der Waals surface area contributed by atoms with E-state index in [1.807, 2.05) is 13.8 Å². The number of nitrogens with one attached hydrogen (secondary N) is 4. The summed E-state index contributed by atoms with van der Waals surface area (Å²) in [6.07, 6.45) is 8.01. The monoisotopic (exact) mass is 830 g/mol. The number of hydrogen-bond donors (Lipinski definition) is 5. The summed E-state index contributed by atoms with van der Waals surface area (Å²) >= 11 is 0. The van der Waals surface area contributed by atoms with E-state index in [0.717, 1.165) is 43.5 Å². The number of rotatable bonds is 18. The van der Waals surface area contributed by atoms with E-state index in [1.54, 1.807) is 20.8 Å². The Kier molecular flexibility index (Phi) is 18.0. The number of hydrogen-bond acceptors (Lipinski definition) is 12. The molecule has 17 nitrogen and oxygen atoms in total. The van der Waals surface area contributed by atoms with Gasteiger partial charge in [-0.25, -0.2) is 27.4 Å². The van der Waals surface area contributed by atoms with E-state index >= 15 is 0 Å². The maximum Gasteiger partial charge on any atom is 0.326 e. The second-order valence-corrected chi connectivity index (χ2v) is 16.7. The van der Waals surface area contributed by atoms with Gasteiger partial charge < -0.3 is 21.7 Å². The lowest BCUT2D eigenvalue weighted by molar-refractivity contribution is -0.160. The van der Waals surface area contributed by atoms with Gasteiger partial charge in [0.25, 0.3) is 21.8 Å². The normalized spacial score (nSPS) is 15.9. The Bertz CT molecular complexity index is 1880. The lowest BCUT2D eigenvalue weighted by Gasteiger charge is -2.32. The molecule has 58 heavy (non-hydrogen) atoms. The minimum Gasteiger partial charge on any atom is -0.342 e. The van der Waals surface area contributed by atoms with E-state index in [2.05, 4.69) is 25.9 Å². The summed E-state index contributed by atoms with van der Waals surface area (Å²) in [6, 6.07) is -1.49. The van der Waals surface area contributed by atoms with E-state index in [0.29, 0.717) is 19.3 Å². The predicted octanol–water partition coefficient (Wildman–Crippen LogP) is 2.26. The molecule has 1 aliphatic carbocycles. The van der Waals surface area contributed by atoms with Gasteiger partial charge in [0.05, 0.1) is 11.1 Å². The molecule has 7 amide bonds. The SMILES string of the molecule is CCC(N)CC(=O)N(C(=O)C(=O)NS(=O)(=O)c1ccc(F)cc1)C(=O)[C@H](CC1CCCCC1)NC(=O)[C@@H](NC(=O)[C@H](CC(C)C)NC(=O)c1cnccn1)[C@@H](C)CC. The minimum atomic E-state index is -4.77. The first-order valence-corrected chi connectivity index (χ1v) is 21.0. The standard InChI is InChI=1S/C39H55FN8O9S/c1-6-24(5)33(46-34(50)29(19-23(3)4)44-35(51)31-22-42-17-18-43-31)36(52)45-30(20-25-11-9-8-10-12-25)38(54)48(32(49)21-27(41)7-2)39(55)37(53)47-58(56,57)28-15-13-26(40)14-16-28/h13-18,22-25,27,29-30,33H,6-12,19-21,41H2,1-5H3,(H,44,51)(H,45,52)(H,46,50)(H,47,53)/t24-,27?,29-,30-,33-/m0/s1. The first kappa shape index (κ1) is 47.2. The van der Waals surface area contributed by atoms with Crippen molar-refractivity contribution in [1.82, 2.24) is 35.5 Å². The molecule has 19 heteroatoms. The van der Waals surface area contributed by atoms with Gasteiger partial charge in [0, 0.05) is 24.9 Å².